The Bertz CT molecular complexity index is 932. The lowest BCUT2D eigenvalue weighted by atomic mass is 10.1. The van der Waals surface area contributed by atoms with Gasteiger partial charge in [0.2, 0.25) is 0 Å². The van der Waals surface area contributed by atoms with Crippen molar-refractivity contribution < 1.29 is 17.6 Å². The first-order valence-electron chi connectivity index (χ1n) is 8.26. The molecule has 0 aliphatic rings. The lowest BCUT2D eigenvalue weighted by Crippen LogP contribution is -2.36. The van der Waals surface area contributed by atoms with Crippen LogP contribution in [-0.4, -0.2) is 57.6 Å². The van der Waals surface area contributed by atoms with Crippen LogP contribution in [0.1, 0.15) is 15.9 Å². The number of halogens is 2. The van der Waals surface area contributed by atoms with E-state index in [2.05, 4.69) is 0 Å². The van der Waals surface area contributed by atoms with Gasteiger partial charge in [0.25, 0.3) is 5.91 Å². The quantitative estimate of drug-likeness (QED) is 0.701. The van der Waals surface area contributed by atoms with E-state index in [0.717, 1.165) is 6.26 Å². The third kappa shape index (κ3) is 5.76. The zero-order valence-electron chi connectivity index (χ0n) is 15.4. The van der Waals surface area contributed by atoms with E-state index in [1.54, 1.807) is 18.2 Å². The van der Waals surface area contributed by atoms with Gasteiger partial charge in [-0.15, -0.1) is 0 Å². The summed E-state index contributed by atoms with van der Waals surface area (Å²) in [7, 11) is 0.164. The van der Waals surface area contributed by atoms with Crippen molar-refractivity contribution in [2.24, 2.45) is 0 Å². The van der Waals surface area contributed by atoms with Gasteiger partial charge in [0.15, 0.2) is 9.84 Å². The molecule has 0 atom stereocenters. The number of rotatable bonds is 7. The van der Waals surface area contributed by atoms with Crippen molar-refractivity contribution in [3.8, 4) is 0 Å². The topological polar surface area (TPSA) is 57.7 Å². The summed E-state index contributed by atoms with van der Waals surface area (Å²) in [6, 6.07) is 10.4. The number of amides is 1. The van der Waals surface area contributed by atoms with Crippen molar-refractivity contribution >= 4 is 27.3 Å². The summed E-state index contributed by atoms with van der Waals surface area (Å²) in [6.07, 6.45) is 1.03. The van der Waals surface area contributed by atoms with E-state index in [0.29, 0.717) is 18.7 Å². The predicted octanol–water partition coefficient (Wildman–Crippen LogP) is 3.09. The van der Waals surface area contributed by atoms with Crippen LogP contribution in [-0.2, 0) is 16.4 Å². The highest BCUT2D eigenvalue weighted by Crippen LogP contribution is 2.24. The number of hydrogen-bond acceptors (Lipinski definition) is 4. The van der Waals surface area contributed by atoms with Crippen LogP contribution < -0.4 is 0 Å². The molecular formula is C19H22ClFN2O3S. The van der Waals surface area contributed by atoms with Crippen LogP contribution in [0.25, 0.3) is 0 Å². The van der Waals surface area contributed by atoms with E-state index in [9.17, 15) is 17.6 Å². The molecule has 27 heavy (non-hydrogen) atoms. The van der Waals surface area contributed by atoms with Gasteiger partial charge < -0.3 is 9.80 Å². The number of hydrogen-bond donors (Lipinski definition) is 0. The molecule has 2 rings (SSSR count). The maximum absolute atomic E-state index is 14.0. The first kappa shape index (κ1) is 21.3. The highest BCUT2D eigenvalue weighted by Gasteiger charge is 2.21. The Morgan fingerprint density at radius 3 is 2.37 bits per heavy atom. The monoisotopic (exact) mass is 412 g/mol. The minimum atomic E-state index is -3.58. The molecule has 2 aromatic carbocycles. The number of sulfone groups is 1. The SMILES string of the molecule is CN(C)CCN(Cc1ccccc1F)C(=O)c1ccc(Cl)c(S(C)(=O)=O)c1. The van der Waals surface area contributed by atoms with E-state index < -0.39 is 15.7 Å². The third-order valence-electron chi connectivity index (χ3n) is 4.00. The average Bonchev–Trinajstić information content (AvgIpc) is 2.58. The summed E-state index contributed by atoms with van der Waals surface area (Å²) in [4.78, 5) is 16.3. The molecule has 2 aromatic rings. The van der Waals surface area contributed by atoms with Crippen LogP contribution in [0.2, 0.25) is 5.02 Å². The Balaban J connectivity index is 2.37. The summed E-state index contributed by atoms with van der Waals surface area (Å²) in [5.74, 6) is -0.783. The van der Waals surface area contributed by atoms with Crippen molar-refractivity contribution in [1.29, 1.82) is 0 Å². The molecule has 0 unspecified atom stereocenters. The van der Waals surface area contributed by atoms with Gasteiger partial charge in [0, 0.05) is 37.0 Å². The Morgan fingerprint density at radius 2 is 1.78 bits per heavy atom. The number of carbonyl (C=O) groups excluding carboxylic acids is 1. The van der Waals surface area contributed by atoms with Crippen LogP contribution in [0.3, 0.4) is 0 Å². The summed E-state index contributed by atoms with van der Waals surface area (Å²) < 4.78 is 37.8. The zero-order chi connectivity index (χ0) is 20.2. The zero-order valence-corrected chi connectivity index (χ0v) is 17.0. The smallest absolute Gasteiger partial charge is 0.254 e. The highest BCUT2D eigenvalue weighted by molar-refractivity contribution is 7.90. The van der Waals surface area contributed by atoms with Crippen molar-refractivity contribution in [3.63, 3.8) is 0 Å². The Kier molecular flexibility index (Phi) is 6.97. The van der Waals surface area contributed by atoms with Crippen LogP contribution in [0.15, 0.2) is 47.4 Å². The molecule has 0 aromatic heterocycles. The van der Waals surface area contributed by atoms with Crippen LogP contribution >= 0.6 is 11.6 Å². The largest absolute Gasteiger partial charge is 0.333 e. The molecule has 0 bridgehead atoms. The molecule has 5 nitrogen and oxygen atoms in total. The highest BCUT2D eigenvalue weighted by atomic mass is 35.5. The maximum Gasteiger partial charge on any atom is 0.254 e. The van der Waals surface area contributed by atoms with Crippen LogP contribution in [0, 0.1) is 5.82 Å². The van der Waals surface area contributed by atoms with Gasteiger partial charge in [0.1, 0.15) is 5.82 Å². The molecule has 146 valence electrons. The first-order chi connectivity index (χ1) is 12.6. The van der Waals surface area contributed by atoms with Crippen molar-refractivity contribution in [2.45, 2.75) is 11.4 Å². The van der Waals surface area contributed by atoms with Gasteiger partial charge >= 0.3 is 0 Å². The summed E-state index contributed by atoms with van der Waals surface area (Å²) in [5.41, 5.74) is 0.580. The van der Waals surface area contributed by atoms with Gasteiger partial charge in [-0.3, -0.25) is 4.79 Å². The van der Waals surface area contributed by atoms with E-state index in [-0.39, 0.29) is 27.9 Å². The fraction of sp³-hybridized carbons (Fsp3) is 0.316. The Labute approximate surface area is 164 Å². The van der Waals surface area contributed by atoms with Gasteiger partial charge in [-0.05, 0) is 38.4 Å². The van der Waals surface area contributed by atoms with Gasteiger partial charge in [-0.25, -0.2) is 12.8 Å². The predicted molar refractivity (Wildman–Crippen MR) is 104 cm³/mol. The lowest BCUT2D eigenvalue weighted by Gasteiger charge is -2.25. The summed E-state index contributed by atoms with van der Waals surface area (Å²) in [6.45, 7) is 1.01. The molecule has 0 heterocycles. The van der Waals surface area contributed by atoms with E-state index >= 15 is 0 Å². The standard InChI is InChI=1S/C19H22ClFN2O3S/c1-22(2)10-11-23(13-15-6-4-5-7-17(15)21)19(24)14-8-9-16(20)18(12-14)27(3,25)26/h4-9,12H,10-11,13H2,1-3H3. The van der Waals surface area contributed by atoms with Gasteiger partial charge in [-0.2, -0.15) is 0 Å². The Hall–Kier alpha value is -1.96. The minimum Gasteiger partial charge on any atom is -0.333 e. The number of carbonyl (C=O) groups is 1. The maximum atomic E-state index is 14.0. The fourth-order valence-electron chi connectivity index (χ4n) is 2.51. The van der Waals surface area contributed by atoms with Crippen molar-refractivity contribution in [3.05, 3.63) is 64.4 Å². The first-order valence-corrected chi connectivity index (χ1v) is 10.5. The molecule has 1 amide bonds. The third-order valence-corrected chi connectivity index (χ3v) is 5.58. The molecule has 0 saturated heterocycles. The molecule has 0 spiro atoms. The molecule has 0 N–H and O–H groups in total. The molecular weight excluding hydrogens is 391 g/mol. The molecule has 0 saturated carbocycles. The second-order valence-corrected chi connectivity index (χ2v) is 8.93. The molecule has 8 heteroatoms. The van der Waals surface area contributed by atoms with Crippen molar-refractivity contribution in [2.75, 3.05) is 33.4 Å². The van der Waals surface area contributed by atoms with E-state index in [4.69, 9.17) is 11.6 Å². The summed E-state index contributed by atoms with van der Waals surface area (Å²) >= 11 is 5.96. The molecule has 0 radical (unpaired) electrons. The van der Waals surface area contributed by atoms with Crippen LogP contribution in [0.4, 0.5) is 4.39 Å². The number of nitrogens with zero attached hydrogens (tertiary/aromatic N) is 2. The van der Waals surface area contributed by atoms with Gasteiger partial charge in [-0.1, -0.05) is 29.8 Å². The summed E-state index contributed by atoms with van der Waals surface area (Å²) in [5, 5.41) is 0.0583. The minimum absolute atomic E-state index is 0.0583. The molecule has 0 aliphatic carbocycles. The Morgan fingerprint density at radius 1 is 1.11 bits per heavy atom. The fourth-order valence-corrected chi connectivity index (χ4v) is 3.81. The van der Waals surface area contributed by atoms with E-state index in [1.165, 1.54) is 29.2 Å². The number of likely N-dealkylation sites (N-methyl/N-ethyl adjacent to an activating group) is 1. The molecule has 0 aliphatic heterocycles. The van der Waals surface area contributed by atoms with Crippen LogP contribution in [0.5, 0.6) is 0 Å². The average molecular weight is 413 g/mol. The second-order valence-electron chi connectivity index (χ2n) is 6.54. The normalized spacial score (nSPS) is 11.6. The van der Waals surface area contributed by atoms with E-state index in [1.807, 2.05) is 19.0 Å². The second kappa shape index (κ2) is 8.82. The number of benzene rings is 2. The molecule has 0 fully saturated rings. The van der Waals surface area contributed by atoms with Gasteiger partial charge in [0.05, 0.1) is 9.92 Å². The van der Waals surface area contributed by atoms with Crippen molar-refractivity contribution in [1.82, 2.24) is 9.80 Å². The lowest BCUT2D eigenvalue weighted by molar-refractivity contribution is 0.0730.